The van der Waals surface area contributed by atoms with Crippen molar-refractivity contribution in [2.75, 3.05) is 6.79 Å². The molecule has 1 N–H and O–H groups in total. The highest BCUT2D eigenvalue weighted by atomic mass is 79.9. The molecule has 0 bridgehead atoms. The number of hydrogen-bond acceptors (Lipinski definition) is 3. The molecule has 2 aromatic carbocycles. The fraction of sp³-hybridized carbons (Fsp3) is 0.133. The lowest BCUT2D eigenvalue weighted by molar-refractivity contribution is 0.0946. The molecule has 1 aliphatic rings. The van der Waals surface area contributed by atoms with Gasteiger partial charge in [0.1, 0.15) is 5.82 Å². The summed E-state index contributed by atoms with van der Waals surface area (Å²) in [6.07, 6.45) is 0. The lowest BCUT2D eigenvalue weighted by Gasteiger charge is -2.08. The van der Waals surface area contributed by atoms with Crippen molar-refractivity contribution in [3.05, 3.63) is 57.8 Å². The van der Waals surface area contributed by atoms with Crippen molar-refractivity contribution >= 4 is 21.8 Å². The molecular formula is C15H11BrFNO3. The molecule has 0 radical (unpaired) electrons. The smallest absolute Gasteiger partial charge is 0.254 e. The van der Waals surface area contributed by atoms with Gasteiger partial charge in [-0.1, -0.05) is 28.1 Å². The zero-order valence-electron chi connectivity index (χ0n) is 10.9. The molecule has 0 spiro atoms. The number of rotatable bonds is 3. The van der Waals surface area contributed by atoms with Gasteiger partial charge in [0.05, 0.1) is 5.56 Å². The minimum atomic E-state index is -0.562. The third kappa shape index (κ3) is 2.85. The first-order valence-corrected chi connectivity index (χ1v) is 7.05. The van der Waals surface area contributed by atoms with Crippen LogP contribution >= 0.6 is 15.9 Å². The second kappa shape index (κ2) is 5.73. The van der Waals surface area contributed by atoms with Gasteiger partial charge in [-0.25, -0.2) is 4.39 Å². The van der Waals surface area contributed by atoms with Crippen LogP contribution in [0.2, 0.25) is 0 Å². The maximum Gasteiger partial charge on any atom is 0.254 e. The Bertz CT molecular complexity index is 705. The normalized spacial score (nSPS) is 12.3. The average molecular weight is 352 g/mol. The highest BCUT2D eigenvalue weighted by Gasteiger charge is 2.18. The molecule has 2 aromatic rings. The van der Waals surface area contributed by atoms with Crippen LogP contribution in [-0.2, 0) is 6.54 Å². The molecule has 6 heteroatoms. The summed E-state index contributed by atoms with van der Waals surface area (Å²) in [5.74, 6) is 0.224. The maximum atomic E-state index is 13.6. The molecule has 0 atom stereocenters. The third-order valence-corrected chi connectivity index (χ3v) is 3.58. The number of hydrogen-bond donors (Lipinski definition) is 1. The van der Waals surface area contributed by atoms with Crippen LogP contribution in [0.5, 0.6) is 11.5 Å². The number of halogens is 2. The molecule has 108 valence electrons. The molecule has 1 heterocycles. The van der Waals surface area contributed by atoms with Crippen LogP contribution in [-0.4, -0.2) is 12.7 Å². The molecule has 3 rings (SSSR count). The van der Waals surface area contributed by atoms with Crippen LogP contribution in [0.1, 0.15) is 15.9 Å². The second-order valence-corrected chi connectivity index (χ2v) is 5.37. The third-order valence-electron chi connectivity index (χ3n) is 3.09. The molecule has 4 nitrogen and oxygen atoms in total. The van der Waals surface area contributed by atoms with Gasteiger partial charge in [-0.15, -0.1) is 0 Å². The molecule has 1 aliphatic heterocycles. The second-order valence-electron chi connectivity index (χ2n) is 4.46. The minimum absolute atomic E-state index is 0.00544. The summed E-state index contributed by atoms with van der Waals surface area (Å²) in [5, 5.41) is 2.68. The summed E-state index contributed by atoms with van der Waals surface area (Å²) in [5.41, 5.74) is 0.780. The molecule has 0 saturated heterocycles. The number of benzene rings is 2. The molecule has 0 aromatic heterocycles. The topological polar surface area (TPSA) is 47.6 Å². The lowest BCUT2D eigenvalue weighted by Crippen LogP contribution is -2.24. The van der Waals surface area contributed by atoms with Gasteiger partial charge in [0.25, 0.3) is 5.91 Å². The van der Waals surface area contributed by atoms with Crippen molar-refractivity contribution in [3.8, 4) is 11.5 Å². The predicted octanol–water partition coefficient (Wildman–Crippen LogP) is 3.25. The summed E-state index contributed by atoms with van der Waals surface area (Å²) in [6, 6.07) is 9.67. The minimum Gasteiger partial charge on any atom is -0.454 e. The van der Waals surface area contributed by atoms with E-state index < -0.39 is 11.7 Å². The van der Waals surface area contributed by atoms with Gasteiger partial charge < -0.3 is 14.8 Å². The Morgan fingerprint density at radius 1 is 1.29 bits per heavy atom. The quantitative estimate of drug-likeness (QED) is 0.923. The molecule has 0 aliphatic carbocycles. The lowest BCUT2D eigenvalue weighted by atomic mass is 10.1. The zero-order chi connectivity index (χ0) is 14.8. The molecule has 1 amide bonds. The first-order valence-electron chi connectivity index (χ1n) is 6.26. The van der Waals surface area contributed by atoms with Crippen molar-refractivity contribution in [1.82, 2.24) is 5.32 Å². The van der Waals surface area contributed by atoms with Crippen molar-refractivity contribution < 1.29 is 18.7 Å². The zero-order valence-corrected chi connectivity index (χ0v) is 12.4. The van der Waals surface area contributed by atoms with Gasteiger partial charge >= 0.3 is 0 Å². The number of carbonyl (C=O) groups excluding carboxylic acids is 1. The van der Waals surface area contributed by atoms with Crippen LogP contribution in [0, 0.1) is 5.82 Å². The van der Waals surface area contributed by atoms with Gasteiger partial charge in [-0.3, -0.25) is 4.79 Å². The van der Waals surface area contributed by atoms with Gasteiger partial charge in [0.2, 0.25) is 6.79 Å². The van der Waals surface area contributed by atoms with Gasteiger partial charge in [-0.2, -0.15) is 0 Å². The van der Waals surface area contributed by atoms with E-state index in [1.54, 1.807) is 12.1 Å². The number of carbonyl (C=O) groups is 1. The molecule has 21 heavy (non-hydrogen) atoms. The van der Waals surface area contributed by atoms with E-state index in [-0.39, 0.29) is 18.9 Å². The summed E-state index contributed by atoms with van der Waals surface area (Å²) < 4.78 is 24.9. The van der Waals surface area contributed by atoms with E-state index in [4.69, 9.17) is 9.47 Å². The van der Waals surface area contributed by atoms with E-state index in [0.29, 0.717) is 16.0 Å². The monoisotopic (exact) mass is 351 g/mol. The van der Waals surface area contributed by atoms with E-state index in [0.717, 1.165) is 5.56 Å². The van der Waals surface area contributed by atoms with E-state index in [2.05, 4.69) is 21.2 Å². The summed E-state index contributed by atoms with van der Waals surface area (Å²) >= 11 is 3.22. The first-order chi connectivity index (χ1) is 10.1. The van der Waals surface area contributed by atoms with Gasteiger partial charge in [0.15, 0.2) is 11.5 Å². The Balaban J connectivity index is 1.75. The number of nitrogens with one attached hydrogen (secondary N) is 1. The van der Waals surface area contributed by atoms with E-state index in [1.807, 2.05) is 12.1 Å². The van der Waals surface area contributed by atoms with Gasteiger partial charge in [0, 0.05) is 16.6 Å². The van der Waals surface area contributed by atoms with Crippen molar-refractivity contribution in [2.45, 2.75) is 6.54 Å². The predicted molar refractivity (Wildman–Crippen MR) is 77.8 cm³/mol. The van der Waals surface area contributed by atoms with Crippen LogP contribution < -0.4 is 14.8 Å². The molecule has 0 saturated carbocycles. The average Bonchev–Trinajstić information content (AvgIpc) is 2.96. The summed E-state index contributed by atoms with van der Waals surface area (Å²) in [6.45, 7) is 0.401. The standard InChI is InChI=1S/C15H11BrFNO3/c16-10-4-5-12(17)11(6-10)15(19)18-7-9-2-1-3-13-14(9)21-8-20-13/h1-6H,7-8H2,(H,18,19). The highest BCUT2D eigenvalue weighted by molar-refractivity contribution is 9.10. The highest BCUT2D eigenvalue weighted by Crippen LogP contribution is 2.35. The number of ether oxygens (including phenoxy) is 2. The fourth-order valence-electron chi connectivity index (χ4n) is 2.07. The SMILES string of the molecule is O=C(NCc1cccc2c1OCO2)c1cc(Br)ccc1F. The van der Waals surface area contributed by atoms with Crippen LogP contribution in [0.4, 0.5) is 4.39 Å². The summed E-state index contributed by atoms with van der Waals surface area (Å²) in [4.78, 5) is 12.0. The Morgan fingerprint density at radius 2 is 2.14 bits per heavy atom. The van der Waals surface area contributed by atoms with E-state index in [1.165, 1.54) is 12.1 Å². The Hall–Kier alpha value is -2.08. The van der Waals surface area contributed by atoms with Gasteiger partial charge in [-0.05, 0) is 24.3 Å². The Morgan fingerprint density at radius 3 is 3.00 bits per heavy atom. The van der Waals surface area contributed by atoms with E-state index in [9.17, 15) is 9.18 Å². The van der Waals surface area contributed by atoms with Crippen LogP contribution in [0.3, 0.4) is 0 Å². The fourth-order valence-corrected chi connectivity index (χ4v) is 2.43. The number of amides is 1. The molecule has 0 unspecified atom stereocenters. The molecule has 0 fully saturated rings. The first kappa shape index (κ1) is 13.9. The number of fused-ring (bicyclic) bond motifs is 1. The summed E-state index contributed by atoms with van der Waals surface area (Å²) in [7, 11) is 0. The molecular weight excluding hydrogens is 341 g/mol. The van der Waals surface area contributed by atoms with Crippen LogP contribution in [0.15, 0.2) is 40.9 Å². The largest absolute Gasteiger partial charge is 0.454 e. The van der Waals surface area contributed by atoms with E-state index >= 15 is 0 Å². The number of para-hydroxylation sites is 1. The Labute approximate surface area is 129 Å². The van der Waals surface area contributed by atoms with Crippen molar-refractivity contribution in [2.24, 2.45) is 0 Å². The maximum absolute atomic E-state index is 13.6. The van der Waals surface area contributed by atoms with Crippen molar-refractivity contribution in [1.29, 1.82) is 0 Å². The van der Waals surface area contributed by atoms with Crippen LogP contribution in [0.25, 0.3) is 0 Å². The Kier molecular flexibility index (Phi) is 3.79. The van der Waals surface area contributed by atoms with Crippen molar-refractivity contribution in [3.63, 3.8) is 0 Å².